The van der Waals surface area contributed by atoms with Crippen LogP contribution in [0, 0.1) is 29.1 Å². The zero-order valence-electron chi connectivity index (χ0n) is 23.6. The molecule has 4 fully saturated rings. The van der Waals surface area contributed by atoms with Gasteiger partial charge in [-0.15, -0.1) is 0 Å². The SMILES string of the molecule is N#Cc1ccccc1-c1ccccc1-c1nc(-c2ccccc2)nc(-c2ccc(C34CC5CC(CC(C5)C3)C4)cc2)n1. The molecule has 0 saturated heterocycles. The lowest BCUT2D eigenvalue weighted by Crippen LogP contribution is -2.48. The molecule has 0 atom stereocenters. The molecule has 4 aliphatic carbocycles. The Labute approximate surface area is 247 Å². The molecule has 0 unspecified atom stereocenters. The second kappa shape index (κ2) is 10.0. The molecule has 5 aromatic rings. The fraction of sp³-hybridized carbons (Fsp3) is 0.263. The normalized spacial score (nSPS) is 23.9. The van der Waals surface area contributed by atoms with Crippen LogP contribution in [0.25, 0.3) is 45.3 Å². The summed E-state index contributed by atoms with van der Waals surface area (Å²) in [5.74, 6) is 4.67. The predicted octanol–water partition coefficient (Wildman–Crippen LogP) is 8.88. The molecule has 4 saturated carbocycles. The monoisotopic (exact) mass is 544 g/mol. The molecule has 4 bridgehead atoms. The first-order valence-electron chi connectivity index (χ1n) is 15.2. The lowest BCUT2D eigenvalue weighted by atomic mass is 9.48. The van der Waals surface area contributed by atoms with Crippen molar-refractivity contribution < 1.29 is 0 Å². The zero-order valence-corrected chi connectivity index (χ0v) is 23.6. The summed E-state index contributed by atoms with van der Waals surface area (Å²) in [4.78, 5) is 15.0. The van der Waals surface area contributed by atoms with Gasteiger partial charge in [-0.05, 0) is 78.9 Å². The van der Waals surface area contributed by atoms with Crippen LogP contribution in [0.2, 0.25) is 0 Å². The molecule has 204 valence electrons. The van der Waals surface area contributed by atoms with E-state index in [1.54, 1.807) is 0 Å². The van der Waals surface area contributed by atoms with Gasteiger partial charge < -0.3 is 0 Å². The maximum Gasteiger partial charge on any atom is 0.164 e. The van der Waals surface area contributed by atoms with E-state index in [4.69, 9.17) is 15.0 Å². The van der Waals surface area contributed by atoms with Crippen molar-refractivity contribution >= 4 is 0 Å². The highest BCUT2D eigenvalue weighted by Crippen LogP contribution is 2.60. The van der Waals surface area contributed by atoms with Crippen molar-refractivity contribution in [1.29, 1.82) is 5.26 Å². The molecule has 4 aromatic carbocycles. The Hall–Kier alpha value is -4.62. The van der Waals surface area contributed by atoms with Crippen LogP contribution >= 0.6 is 0 Å². The summed E-state index contributed by atoms with van der Waals surface area (Å²) in [5, 5.41) is 9.82. The maximum absolute atomic E-state index is 9.82. The molecule has 0 N–H and O–H groups in total. The molecular formula is C38H32N4. The van der Waals surface area contributed by atoms with Crippen molar-refractivity contribution in [3.8, 4) is 51.4 Å². The first-order valence-corrected chi connectivity index (χ1v) is 15.2. The lowest BCUT2D eigenvalue weighted by Gasteiger charge is -2.57. The zero-order chi connectivity index (χ0) is 28.1. The average Bonchev–Trinajstić information content (AvgIpc) is 3.04. The van der Waals surface area contributed by atoms with E-state index in [9.17, 15) is 5.26 Å². The van der Waals surface area contributed by atoms with Crippen LogP contribution in [0.3, 0.4) is 0 Å². The summed E-state index contributed by atoms with van der Waals surface area (Å²) in [6.45, 7) is 0. The number of rotatable bonds is 5. The average molecular weight is 545 g/mol. The third-order valence-corrected chi connectivity index (χ3v) is 9.97. The Balaban J connectivity index is 1.23. The van der Waals surface area contributed by atoms with Crippen LogP contribution in [0.15, 0.2) is 103 Å². The highest BCUT2D eigenvalue weighted by Gasteiger charge is 2.51. The van der Waals surface area contributed by atoms with E-state index in [2.05, 4.69) is 30.3 Å². The minimum atomic E-state index is 0.361. The van der Waals surface area contributed by atoms with Crippen LogP contribution < -0.4 is 0 Å². The summed E-state index contributed by atoms with van der Waals surface area (Å²) in [7, 11) is 0. The largest absolute Gasteiger partial charge is 0.208 e. The molecule has 1 aromatic heterocycles. The first-order chi connectivity index (χ1) is 20.7. The summed E-state index contributed by atoms with van der Waals surface area (Å²) < 4.78 is 0. The Kier molecular flexibility index (Phi) is 6.00. The summed E-state index contributed by atoms with van der Waals surface area (Å²) in [6.07, 6.45) is 8.42. The van der Waals surface area contributed by atoms with E-state index in [0.29, 0.717) is 28.5 Å². The van der Waals surface area contributed by atoms with Gasteiger partial charge in [0.2, 0.25) is 0 Å². The van der Waals surface area contributed by atoms with Crippen LogP contribution in [-0.2, 0) is 5.41 Å². The standard InChI is InChI=1S/C38H32N4/c39-24-30-10-4-5-11-32(30)33-12-6-7-13-34(33)37-41-35(28-8-2-1-3-9-28)40-36(42-37)29-14-16-31(17-15-29)38-21-25-18-26(22-38)20-27(19-25)23-38/h1-17,25-27H,18-23H2. The summed E-state index contributed by atoms with van der Waals surface area (Å²) in [5.41, 5.74) is 7.12. The van der Waals surface area contributed by atoms with Crippen molar-refractivity contribution in [1.82, 2.24) is 15.0 Å². The quantitative estimate of drug-likeness (QED) is 0.222. The highest BCUT2D eigenvalue weighted by atomic mass is 15.0. The maximum atomic E-state index is 9.82. The Morgan fingerprint density at radius 3 is 1.64 bits per heavy atom. The first kappa shape index (κ1) is 25.1. The topological polar surface area (TPSA) is 62.5 Å². The van der Waals surface area contributed by atoms with Gasteiger partial charge in [0.25, 0.3) is 0 Å². The number of nitrogens with zero attached hydrogens (tertiary/aromatic N) is 4. The molecule has 0 aliphatic heterocycles. The van der Waals surface area contributed by atoms with Crippen LogP contribution in [0.5, 0.6) is 0 Å². The van der Waals surface area contributed by atoms with Gasteiger partial charge in [-0.1, -0.05) is 97.1 Å². The van der Waals surface area contributed by atoms with Gasteiger partial charge in [-0.3, -0.25) is 0 Å². The summed E-state index contributed by atoms with van der Waals surface area (Å²) in [6, 6.07) is 37.4. The van der Waals surface area contributed by atoms with Crippen molar-refractivity contribution in [2.45, 2.75) is 43.9 Å². The van der Waals surface area contributed by atoms with Crippen molar-refractivity contribution in [2.75, 3.05) is 0 Å². The molecule has 42 heavy (non-hydrogen) atoms. The number of benzene rings is 4. The third kappa shape index (κ3) is 4.32. The Morgan fingerprint density at radius 1 is 0.524 bits per heavy atom. The van der Waals surface area contributed by atoms with Gasteiger partial charge in [-0.25, -0.2) is 15.0 Å². The van der Waals surface area contributed by atoms with E-state index in [-0.39, 0.29) is 0 Å². The highest BCUT2D eigenvalue weighted by molar-refractivity contribution is 5.84. The van der Waals surface area contributed by atoms with Gasteiger partial charge in [-0.2, -0.15) is 5.26 Å². The molecule has 1 heterocycles. The van der Waals surface area contributed by atoms with E-state index in [0.717, 1.165) is 45.6 Å². The second-order valence-corrected chi connectivity index (χ2v) is 12.7. The molecule has 4 nitrogen and oxygen atoms in total. The molecule has 4 heteroatoms. The fourth-order valence-electron chi connectivity index (χ4n) is 8.51. The van der Waals surface area contributed by atoms with Gasteiger partial charge in [0.05, 0.1) is 11.6 Å². The van der Waals surface area contributed by atoms with Crippen molar-refractivity contribution in [3.05, 3.63) is 114 Å². The molecule has 4 aliphatic rings. The van der Waals surface area contributed by atoms with Crippen LogP contribution in [0.4, 0.5) is 0 Å². The van der Waals surface area contributed by atoms with E-state index in [1.807, 2.05) is 78.9 Å². The summed E-state index contributed by atoms with van der Waals surface area (Å²) >= 11 is 0. The smallest absolute Gasteiger partial charge is 0.164 e. The van der Waals surface area contributed by atoms with Gasteiger partial charge in [0.1, 0.15) is 0 Å². The Bertz CT molecular complexity index is 1780. The molecular weight excluding hydrogens is 512 g/mol. The van der Waals surface area contributed by atoms with Crippen LogP contribution in [-0.4, -0.2) is 15.0 Å². The number of aromatic nitrogens is 3. The molecule has 0 amide bonds. The van der Waals surface area contributed by atoms with Crippen molar-refractivity contribution in [3.63, 3.8) is 0 Å². The minimum Gasteiger partial charge on any atom is -0.208 e. The predicted molar refractivity (Wildman–Crippen MR) is 166 cm³/mol. The number of hydrogen-bond acceptors (Lipinski definition) is 4. The number of nitriles is 1. The van der Waals surface area contributed by atoms with Crippen LogP contribution in [0.1, 0.15) is 49.7 Å². The van der Waals surface area contributed by atoms with Gasteiger partial charge in [0.15, 0.2) is 17.5 Å². The fourth-order valence-corrected chi connectivity index (χ4v) is 8.51. The van der Waals surface area contributed by atoms with Gasteiger partial charge in [0, 0.05) is 22.3 Å². The lowest BCUT2D eigenvalue weighted by molar-refractivity contribution is -0.00518. The minimum absolute atomic E-state index is 0.361. The number of hydrogen-bond donors (Lipinski definition) is 0. The van der Waals surface area contributed by atoms with Crippen molar-refractivity contribution in [2.24, 2.45) is 17.8 Å². The van der Waals surface area contributed by atoms with E-state index in [1.165, 1.54) is 44.1 Å². The Morgan fingerprint density at radius 2 is 1.02 bits per heavy atom. The molecule has 9 rings (SSSR count). The van der Waals surface area contributed by atoms with E-state index >= 15 is 0 Å². The van der Waals surface area contributed by atoms with E-state index < -0.39 is 0 Å². The third-order valence-electron chi connectivity index (χ3n) is 9.97. The van der Waals surface area contributed by atoms with Gasteiger partial charge >= 0.3 is 0 Å². The molecule has 0 spiro atoms. The second-order valence-electron chi connectivity index (χ2n) is 12.7. The molecule has 0 radical (unpaired) electrons.